The molecule has 0 bridgehead atoms. The fourth-order valence-electron chi connectivity index (χ4n) is 1.61. The summed E-state index contributed by atoms with van der Waals surface area (Å²) in [5, 5.41) is 0. The van der Waals surface area contributed by atoms with Crippen molar-refractivity contribution in [1.29, 1.82) is 0 Å². The topological polar surface area (TPSA) is 3.24 Å². The first-order chi connectivity index (χ1) is 8.23. The molecule has 1 aromatic rings. The molecule has 0 amide bonds. The third kappa shape index (κ3) is 5.69. The molecule has 7 heteroatoms. The van der Waals surface area contributed by atoms with E-state index in [4.69, 9.17) is 0 Å². The maximum atomic E-state index is 13.5. The van der Waals surface area contributed by atoms with E-state index in [-0.39, 0.29) is 57.9 Å². The van der Waals surface area contributed by atoms with Crippen LogP contribution in [0.2, 0.25) is 0 Å². The van der Waals surface area contributed by atoms with Crippen LogP contribution in [0.25, 0.3) is 0 Å². The Balaban J connectivity index is 0.00000324. The molecule has 0 N–H and O–H groups in total. The van der Waals surface area contributed by atoms with E-state index in [9.17, 15) is 17.3 Å². The van der Waals surface area contributed by atoms with Crippen molar-refractivity contribution in [2.24, 2.45) is 0 Å². The minimum atomic E-state index is -5.04. The molecule has 0 saturated carbocycles. The number of hydrogen-bond donors (Lipinski definition) is 0. The van der Waals surface area contributed by atoms with E-state index >= 15 is 0 Å². The first-order valence-corrected chi connectivity index (χ1v) is 5.55. The number of halogens is 4. The van der Waals surface area contributed by atoms with Crippen molar-refractivity contribution >= 4 is 6.98 Å². The van der Waals surface area contributed by atoms with E-state index in [1.165, 1.54) is 18.0 Å². The number of rotatable bonds is 5. The molecule has 0 aliphatic heterocycles. The Labute approximate surface area is 153 Å². The van der Waals surface area contributed by atoms with Crippen LogP contribution in [0, 0.1) is 5.82 Å². The Kier molecular flexibility index (Phi) is 8.09. The van der Waals surface area contributed by atoms with Gasteiger partial charge >= 0.3 is 58.4 Å². The molecule has 0 heterocycles. The summed E-state index contributed by atoms with van der Waals surface area (Å²) in [6, 6.07) is 5.62. The summed E-state index contributed by atoms with van der Waals surface area (Å²) in [6.07, 6.45) is 0. The summed E-state index contributed by atoms with van der Waals surface area (Å²) >= 11 is 0. The molecule has 0 fully saturated rings. The molecular formula is C12H15BF4KN. The van der Waals surface area contributed by atoms with Gasteiger partial charge in [-0.15, -0.1) is 12.1 Å². The zero-order chi connectivity index (χ0) is 13.9. The summed E-state index contributed by atoms with van der Waals surface area (Å²) in [5.41, 5.74) is -0.400. The van der Waals surface area contributed by atoms with Crippen molar-refractivity contribution in [1.82, 2.24) is 4.90 Å². The molecule has 100 valence electrons. The smallest absolute Gasteiger partial charge is 0.445 e. The van der Waals surface area contributed by atoms with Gasteiger partial charge in [-0.3, -0.25) is 4.90 Å². The van der Waals surface area contributed by atoms with E-state index in [0.717, 1.165) is 0 Å². The summed E-state index contributed by atoms with van der Waals surface area (Å²) in [4.78, 5) is 1.43. The Bertz CT molecular complexity index is 436. The fourth-order valence-corrected chi connectivity index (χ4v) is 1.61. The molecular weight excluding hydrogens is 284 g/mol. The van der Waals surface area contributed by atoms with Crippen LogP contribution in [0.15, 0.2) is 36.3 Å². The zero-order valence-corrected chi connectivity index (χ0v) is 14.5. The predicted octanol–water partition coefficient (Wildman–Crippen LogP) is 0.765. The average Bonchev–Trinajstić information content (AvgIpc) is 2.27. The van der Waals surface area contributed by atoms with Gasteiger partial charge in [0.25, 0.3) is 0 Å². The minimum Gasteiger partial charge on any atom is -0.445 e. The molecule has 1 nitrogen and oxygen atoms in total. The molecule has 0 aliphatic rings. The van der Waals surface area contributed by atoms with Crippen molar-refractivity contribution in [3.63, 3.8) is 0 Å². The summed E-state index contributed by atoms with van der Waals surface area (Å²) in [6.45, 7) is -0.670. The normalized spacial score (nSPS) is 13.0. The minimum absolute atomic E-state index is 0. The molecule has 19 heavy (non-hydrogen) atoms. The van der Waals surface area contributed by atoms with Crippen molar-refractivity contribution in [3.05, 3.63) is 47.7 Å². The third-order valence-electron chi connectivity index (χ3n) is 2.93. The average molecular weight is 299 g/mol. The quantitative estimate of drug-likeness (QED) is 0.573. The van der Waals surface area contributed by atoms with Gasteiger partial charge in [0, 0.05) is 11.6 Å². The van der Waals surface area contributed by atoms with Crippen molar-refractivity contribution in [2.45, 2.75) is 13.0 Å². The summed E-state index contributed by atoms with van der Waals surface area (Å²) < 4.78 is 50.8. The van der Waals surface area contributed by atoms with Crippen molar-refractivity contribution in [2.75, 3.05) is 13.6 Å². The SMILES string of the molecule is C=C(CN(C)C(C)c1ccccc1F)[B-](F)(F)F.[K+]. The Morgan fingerprint density at radius 1 is 1.32 bits per heavy atom. The molecule has 0 radical (unpaired) electrons. The Hall–Kier alpha value is 0.341. The van der Waals surface area contributed by atoms with Crippen LogP contribution in [0.3, 0.4) is 0 Å². The maximum Gasteiger partial charge on any atom is 1.00 e. The Morgan fingerprint density at radius 3 is 2.32 bits per heavy atom. The molecule has 1 rings (SSSR count). The predicted molar refractivity (Wildman–Crippen MR) is 65.7 cm³/mol. The van der Waals surface area contributed by atoms with Crippen LogP contribution >= 0.6 is 0 Å². The molecule has 0 aromatic heterocycles. The molecule has 1 aromatic carbocycles. The van der Waals surface area contributed by atoms with Crippen LogP contribution in [-0.2, 0) is 0 Å². The van der Waals surface area contributed by atoms with Gasteiger partial charge in [0.2, 0.25) is 0 Å². The largest absolute Gasteiger partial charge is 1.00 e. The van der Waals surface area contributed by atoms with E-state index in [0.29, 0.717) is 5.56 Å². The molecule has 1 unspecified atom stereocenters. The van der Waals surface area contributed by atoms with Gasteiger partial charge < -0.3 is 12.9 Å². The van der Waals surface area contributed by atoms with Crippen LogP contribution in [0.5, 0.6) is 0 Å². The standard InChI is InChI=1S/C12H15BF4N.K/c1-9(13(15,16)17)8-18(3)10(2)11-6-4-5-7-12(11)14;/h4-7,10H,1,8H2,2-3H3;/q-1;+1. The summed E-state index contributed by atoms with van der Waals surface area (Å²) in [7, 11) is 1.52. The monoisotopic (exact) mass is 299 g/mol. The van der Waals surface area contributed by atoms with Crippen LogP contribution in [-0.4, -0.2) is 25.5 Å². The van der Waals surface area contributed by atoms with Gasteiger partial charge in [0.05, 0.1) is 0 Å². The Morgan fingerprint density at radius 2 is 1.84 bits per heavy atom. The molecule has 0 saturated heterocycles. The first-order valence-electron chi connectivity index (χ1n) is 5.55. The number of benzene rings is 1. The molecule has 0 spiro atoms. The van der Waals surface area contributed by atoms with Crippen LogP contribution in [0.4, 0.5) is 17.3 Å². The van der Waals surface area contributed by atoms with Gasteiger partial charge in [-0.2, -0.15) is 0 Å². The summed E-state index contributed by atoms with van der Waals surface area (Å²) in [5.74, 6) is -0.417. The van der Waals surface area contributed by atoms with Crippen molar-refractivity contribution in [3.8, 4) is 0 Å². The zero-order valence-electron chi connectivity index (χ0n) is 11.3. The van der Waals surface area contributed by atoms with E-state index in [1.54, 1.807) is 25.1 Å². The van der Waals surface area contributed by atoms with Crippen molar-refractivity contribution < 1.29 is 68.7 Å². The number of nitrogens with zero attached hydrogens (tertiary/aromatic N) is 1. The third-order valence-corrected chi connectivity index (χ3v) is 2.93. The number of likely N-dealkylation sites (N-methyl/N-ethyl adjacent to an activating group) is 1. The first kappa shape index (κ1) is 19.3. The van der Waals surface area contributed by atoms with E-state index in [2.05, 4.69) is 6.58 Å². The second-order valence-electron chi connectivity index (χ2n) is 4.35. The second kappa shape index (κ2) is 7.95. The van der Waals surface area contributed by atoms with Crippen LogP contribution < -0.4 is 51.4 Å². The molecule has 0 aliphatic carbocycles. The van der Waals surface area contributed by atoms with Crippen LogP contribution in [0.1, 0.15) is 18.5 Å². The van der Waals surface area contributed by atoms with Gasteiger partial charge in [-0.05, 0) is 26.6 Å². The van der Waals surface area contributed by atoms with Gasteiger partial charge in [-0.1, -0.05) is 18.2 Å². The van der Waals surface area contributed by atoms with Gasteiger partial charge in [-0.25, -0.2) is 4.39 Å². The molecule has 1 atom stereocenters. The second-order valence-corrected chi connectivity index (χ2v) is 4.35. The van der Waals surface area contributed by atoms with E-state index in [1.807, 2.05) is 0 Å². The maximum absolute atomic E-state index is 13.5. The van der Waals surface area contributed by atoms with Gasteiger partial charge in [0.15, 0.2) is 0 Å². The number of hydrogen-bond acceptors (Lipinski definition) is 1. The van der Waals surface area contributed by atoms with Gasteiger partial charge in [0.1, 0.15) is 5.82 Å². The van der Waals surface area contributed by atoms with E-state index < -0.39 is 24.3 Å². The fraction of sp³-hybridized carbons (Fsp3) is 0.333.